The van der Waals surface area contributed by atoms with Gasteiger partial charge in [-0.1, -0.05) is 13.3 Å². The Hall–Kier alpha value is -1.26. The molecule has 0 saturated carbocycles. The summed E-state index contributed by atoms with van der Waals surface area (Å²) in [7, 11) is 1.54. The zero-order valence-electron chi connectivity index (χ0n) is 9.52. The van der Waals surface area contributed by atoms with Crippen LogP contribution in [0.2, 0.25) is 0 Å². The summed E-state index contributed by atoms with van der Waals surface area (Å²) in [5.74, 6) is -0.921. The lowest BCUT2D eigenvalue weighted by molar-refractivity contribution is -0.138. The van der Waals surface area contributed by atoms with Gasteiger partial charge in [0.05, 0.1) is 13.0 Å². The molecule has 0 heterocycles. The van der Waals surface area contributed by atoms with Crippen molar-refractivity contribution in [1.29, 1.82) is 0 Å². The van der Waals surface area contributed by atoms with Crippen LogP contribution in [0.3, 0.4) is 0 Å². The van der Waals surface area contributed by atoms with Gasteiger partial charge in [-0.3, -0.25) is 4.79 Å². The van der Waals surface area contributed by atoms with Crippen molar-refractivity contribution in [3.63, 3.8) is 0 Å². The van der Waals surface area contributed by atoms with E-state index in [0.29, 0.717) is 6.61 Å². The molecule has 1 amide bonds. The van der Waals surface area contributed by atoms with Gasteiger partial charge in [-0.25, -0.2) is 4.79 Å². The SMILES string of the molecule is CCCCOC(=O)N(C)C(C)CC(=O)O. The Balaban J connectivity index is 3.90. The Kier molecular flexibility index (Phi) is 6.49. The van der Waals surface area contributed by atoms with Crippen LogP contribution in [0.1, 0.15) is 33.1 Å². The maximum atomic E-state index is 11.4. The molecule has 1 unspecified atom stereocenters. The van der Waals surface area contributed by atoms with Gasteiger partial charge in [-0.2, -0.15) is 0 Å². The molecule has 0 radical (unpaired) electrons. The van der Waals surface area contributed by atoms with Crippen molar-refractivity contribution in [2.45, 2.75) is 39.2 Å². The first kappa shape index (κ1) is 13.7. The molecular weight excluding hydrogens is 198 g/mol. The predicted molar refractivity (Wildman–Crippen MR) is 55.7 cm³/mol. The van der Waals surface area contributed by atoms with Crippen LogP contribution >= 0.6 is 0 Å². The molecule has 1 N–H and O–H groups in total. The number of nitrogens with zero attached hydrogens (tertiary/aromatic N) is 1. The lowest BCUT2D eigenvalue weighted by atomic mass is 10.2. The second kappa shape index (κ2) is 7.09. The molecule has 0 aromatic carbocycles. The lowest BCUT2D eigenvalue weighted by Crippen LogP contribution is -2.37. The minimum atomic E-state index is -0.921. The third kappa shape index (κ3) is 5.93. The van der Waals surface area contributed by atoms with Gasteiger partial charge < -0.3 is 14.7 Å². The molecule has 0 aliphatic rings. The fourth-order valence-electron chi connectivity index (χ4n) is 0.975. The van der Waals surface area contributed by atoms with E-state index in [9.17, 15) is 9.59 Å². The van der Waals surface area contributed by atoms with Crippen LogP contribution in [0.5, 0.6) is 0 Å². The predicted octanol–water partition coefficient (Wildman–Crippen LogP) is 1.72. The van der Waals surface area contributed by atoms with Crippen molar-refractivity contribution in [3.05, 3.63) is 0 Å². The molecule has 5 nitrogen and oxygen atoms in total. The topological polar surface area (TPSA) is 66.8 Å². The van der Waals surface area contributed by atoms with Crippen LogP contribution in [0.15, 0.2) is 0 Å². The monoisotopic (exact) mass is 217 g/mol. The molecule has 5 heteroatoms. The molecule has 0 aromatic rings. The Morgan fingerprint density at radius 1 is 1.47 bits per heavy atom. The van der Waals surface area contributed by atoms with Crippen molar-refractivity contribution in [3.8, 4) is 0 Å². The minimum Gasteiger partial charge on any atom is -0.481 e. The van der Waals surface area contributed by atoms with E-state index in [1.54, 1.807) is 14.0 Å². The van der Waals surface area contributed by atoms with E-state index in [2.05, 4.69) is 0 Å². The quantitative estimate of drug-likeness (QED) is 0.688. The van der Waals surface area contributed by atoms with Crippen LogP contribution < -0.4 is 0 Å². The van der Waals surface area contributed by atoms with Crippen LogP contribution in [-0.4, -0.2) is 41.8 Å². The third-order valence-electron chi connectivity index (χ3n) is 2.14. The molecule has 0 aliphatic heterocycles. The molecule has 88 valence electrons. The number of amides is 1. The van der Waals surface area contributed by atoms with Gasteiger partial charge >= 0.3 is 12.1 Å². The zero-order valence-corrected chi connectivity index (χ0v) is 9.52. The summed E-state index contributed by atoms with van der Waals surface area (Å²) in [5.41, 5.74) is 0. The summed E-state index contributed by atoms with van der Waals surface area (Å²) in [6.45, 7) is 4.07. The first-order chi connectivity index (χ1) is 6.99. The number of carbonyl (C=O) groups is 2. The summed E-state index contributed by atoms with van der Waals surface area (Å²) in [6, 6.07) is -0.350. The highest BCUT2D eigenvalue weighted by molar-refractivity contribution is 5.71. The van der Waals surface area contributed by atoms with Crippen LogP contribution in [0.25, 0.3) is 0 Å². The average molecular weight is 217 g/mol. The lowest BCUT2D eigenvalue weighted by Gasteiger charge is -2.22. The maximum Gasteiger partial charge on any atom is 0.409 e. The van der Waals surface area contributed by atoms with Gasteiger partial charge in [0, 0.05) is 13.1 Å². The van der Waals surface area contributed by atoms with Crippen molar-refractivity contribution in [2.75, 3.05) is 13.7 Å². The number of hydrogen-bond acceptors (Lipinski definition) is 3. The maximum absolute atomic E-state index is 11.4. The Morgan fingerprint density at radius 2 is 2.07 bits per heavy atom. The van der Waals surface area contributed by atoms with E-state index in [1.807, 2.05) is 6.92 Å². The highest BCUT2D eigenvalue weighted by Gasteiger charge is 2.18. The van der Waals surface area contributed by atoms with E-state index >= 15 is 0 Å². The van der Waals surface area contributed by atoms with Gasteiger partial charge in [0.15, 0.2) is 0 Å². The second-order valence-corrected chi connectivity index (χ2v) is 3.53. The summed E-state index contributed by atoms with van der Waals surface area (Å²) in [5, 5.41) is 8.55. The van der Waals surface area contributed by atoms with E-state index in [1.165, 1.54) is 4.90 Å². The molecule has 0 aromatic heterocycles. The molecule has 0 aliphatic carbocycles. The highest BCUT2D eigenvalue weighted by atomic mass is 16.6. The normalized spacial score (nSPS) is 11.9. The fraction of sp³-hybridized carbons (Fsp3) is 0.800. The van der Waals surface area contributed by atoms with Crippen molar-refractivity contribution in [1.82, 2.24) is 4.90 Å². The molecule has 15 heavy (non-hydrogen) atoms. The Bertz CT molecular complexity index is 217. The summed E-state index contributed by atoms with van der Waals surface area (Å²) in [6.07, 6.45) is 1.26. The second-order valence-electron chi connectivity index (χ2n) is 3.53. The van der Waals surface area contributed by atoms with Crippen LogP contribution in [-0.2, 0) is 9.53 Å². The number of aliphatic carboxylic acids is 1. The van der Waals surface area contributed by atoms with Crippen molar-refractivity contribution < 1.29 is 19.4 Å². The standard InChI is InChI=1S/C10H19NO4/c1-4-5-6-15-10(14)11(3)8(2)7-9(12)13/h8H,4-7H2,1-3H3,(H,12,13). The summed E-state index contributed by atoms with van der Waals surface area (Å²) >= 11 is 0. The number of rotatable bonds is 6. The first-order valence-corrected chi connectivity index (χ1v) is 5.10. The van der Waals surface area contributed by atoms with Gasteiger partial charge in [0.2, 0.25) is 0 Å². The minimum absolute atomic E-state index is 0.0701. The molecule has 0 saturated heterocycles. The van der Waals surface area contributed by atoms with Crippen LogP contribution in [0, 0.1) is 0 Å². The molecule has 0 rings (SSSR count). The molecule has 0 spiro atoms. The zero-order chi connectivity index (χ0) is 11.8. The number of carboxylic acids is 1. The Morgan fingerprint density at radius 3 is 2.53 bits per heavy atom. The van der Waals surface area contributed by atoms with E-state index in [0.717, 1.165) is 12.8 Å². The largest absolute Gasteiger partial charge is 0.481 e. The van der Waals surface area contributed by atoms with E-state index in [4.69, 9.17) is 9.84 Å². The van der Waals surface area contributed by atoms with Crippen molar-refractivity contribution in [2.24, 2.45) is 0 Å². The van der Waals surface area contributed by atoms with E-state index < -0.39 is 12.1 Å². The highest BCUT2D eigenvalue weighted by Crippen LogP contribution is 2.03. The third-order valence-corrected chi connectivity index (χ3v) is 2.14. The number of hydrogen-bond donors (Lipinski definition) is 1. The summed E-state index contributed by atoms with van der Waals surface area (Å²) < 4.78 is 4.94. The Labute approximate surface area is 90.0 Å². The molecule has 0 fully saturated rings. The van der Waals surface area contributed by atoms with Crippen LogP contribution in [0.4, 0.5) is 4.79 Å². The number of ether oxygens (including phenoxy) is 1. The van der Waals surface area contributed by atoms with E-state index in [-0.39, 0.29) is 12.5 Å². The number of unbranched alkanes of at least 4 members (excludes halogenated alkanes) is 1. The fourth-order valence-corrected chi connectivity index (χ4v) is 0.975. The molecular formula is C10H19NO4. The van der Waals surface area contributed by atoms with Gasteiger partial charge in [0.1, 0.15) is 0 Å². The first-order valence-electron chi connectivity index (χ1n) is 5.10. The van der Waals surface area contributed by atoms with Gasteiger partial charge in [-0.15, -0.1) is 0 Å². The number of carboxylic acid groups (broad SMARTS) is 1. The number of carbonyl (C=O) groups excluding carboxylic acids is 1. The van der Waals surface area contributed by atoms with Crippen molar-refractivity contribution >= 4 is 12.1 Å². The van der Waals surface area contributed by atoms with Gasteiger partial charge in [-0.05, 0) is 13.3 Å². The smallest absolute Gasteiger partial charge is 0.409 e. The molecule has 0 bridgehead atoms. The molecule has 1 atom stereocenters. The van der Waals surface area contributed by atoms with Gasteiger partial charge in [0.25, 0.3) is 0 Å². The summed E-state index contributed by atoms with van der Waals surface area (Å²) in [4.78, 5) is 23.1. The average Bonchev–Trinajstić information content (AvgIpc) is 2.15.